The van der Waals surface area contributed by atoms with Gasteiger partial charge in [0.15, 0.2) is 0 Å². The molecule has 0 saturated carbocycles. The molecular weight excluding hydrogens is 516 g/mol. The molecule has 1 aliphatic rings. The minimum atomic E-state index is -0.250. The van der Waals surface area contributed by atoms with E-state index in [0.29, 0.717) is 22.7 Å². The average Bonchev–Trinajstić information content (AvgIpc) is 3.62. The molecule has 7 rings (SSSR count). The SMILES string of the molecule is CN1CCN(c2cccc(Nc3ncc4c(-c5ccn6ncc(C(=O)Nc7cccnc7)c6c5)c[nH]c4n3)c2)CC1. The van der Waals surface area contributed by atoms with Gasteiger partial charge in [-0.1, -0.05) is 6.07 Å². The number of aromatic nitrogens is 6. The van der Waals surface area contributed by atoms with Gasteiger partial charge in [-0.15, -0.1) is 0 Å². The van der Waals surface area contributed by atoms with Crippen molar-refractivity contribution in [1.29, 1.82) is 0 Å². The molecule has 0 spiro atoms. The van der Waals surface area contributed by atoms with Crippen molar-refractivity contribution in [2.75, 3.05) is 48.8 Å². The van der Waals surface area contributed by atoms with Gasteiger partial charge in [0.25, 0.3) is 5.91 Å². The number of H-pyrrole nitrogens is 1. The predicted octanol–water partition coefficient (Wildman–Crippen LogP) is 4.42. The summed E-state index contributed by atoms with van der Waals surface area (Å²) in [5, 5.41) is 11.5. The molecular formula is C30H28N10O. The van der Waals surface area contributed by atoms with Crippen LogP contribution in [-0.4, -0.2) is 73.6 Å². The molecule has 1 amide bonds. The topological polar surface area (TPSA) is 119 Å². The summed E-state index contributed by atoms with van der Waals surface area (Å²) >= 11 is 0. The number of anilines is 4. The Labute approximate surface area is 235 Å². The third-order valence-electron chi connectivity index (χ3n) is 7.40. The molecule has 0 atom stereocenters. The molecule has 0 unspecified atom stereocenters. The highest BCUT2D eigenvalue weighted by Crippen LogP contribution is 2.30. The Morgan fingerprint density at radius 1 is 0.976 bits per heavy atom. The average molecular weight is 545 g/mol. The lowest BCUT2D eigenvalue weighted by Gasteiger charge is -2.34. The predicted molar refractivity (Wildman–Crippen MR) is 160 cm³/mol. The smallest absolute Gasteiger partial charge is 0.259 e. The van der Waals surface area contributed by atoms with Crippen molar-refractivity contribution in [2.24, 2.45) is 0 Å². The summed E-state index contributed by atoms with van der Waals surface area (Å²) in [6.07, 6.45) is 10.4. The van der Waals surface area contributed by atoms with Gasteiger partial charge < -0.3 is 25.4 Å². The van der Waals surface area contributed by atoms with Gasteiger partial charge in [-0.25, -0.2) is 9.50 Å². The molecule has 1 aromatic carbocycles. The number of hydrogen-bond donors (Lipinski definition) is 3. The van der Waals surface area contributed by atoms with E-state index in [2.05, 4.69) is 65.7 Å². The lowest BCUT2D eigenvalue weighted by Crippen LogP contribution is -2.44. The Morgan fingerprint density at radius 2 is 1.85 bits per heavy atom. The summed E-state index contributed by atoms with van der Waals surface area (Å²) in [4.78, 5) is 34.4. The van der Waals surface area contributed by atoms with Crippen molar-refractivity contribution in [3.8, 4) is 11.1 Å². The van der Waals surface area contributed by atoms with Gasteiger partial charge in [0, 0.05) is 73.3 Å². The normalized spacial score (nSPS) is 14.0. The van der Waals surface area contributed by atoms with E-state index in [4.69, 9.17) is 4.98 Å². The van der Waals surface area contributed by atoms with Crippen LogP contribution >= 0.6 is 0 Å². The first-order valence-electron chi connectivity index (χ1n) is 13.4. The quantitative estimate of drug-likeness (QED) is 0.282. The number of carbonyl (C=O) groups excluding carboxylic acids is 1. The molecule has 6 heterocycles. The van der Waals surface area contributed by atoms with E-state index in [9.17, 15) is 4.79 Å². The van der Waals surface area contributed by atoms with Crippen molar-refractivity contribution in [3.63, 3.8) is 0 Å². The number of amides is 1. The van der Waals surface area contributed by atoms with E-state index < -0.39 is 0 Å². The second kappa shape index (κ2) is 10.4. The molecule has 0 bridgehead atoms. The van der Waals surface area contributed by atoms with Crippen LogP contribution in [0, 0.1) is 0 Å². The summed E-state index contributed by atoms with van der Waals surface area (Å²) in [6.45, 7) is 4.13. The number of hydrogen-bond acceptors (Lipinski definition) is 8. The van der Waals surface area contributed by atoms with Crippen LogP contribution in [0.2, 0.25) is 0 Å². The van der Waals surface area contributed by atoms with Gasteiger partial charge in [-0.3, -0.25) is 9.78 Å². The molecule has 1 fully saturated rings. The highest BCUT2D eigenvalue weighted by atomic mass is 16.1. The van der Waals surface area contributed by atoms with Crippen LogP contribution in [0.3, 0.4) is 0 Å². The van der Waals surface area contributed by atoms with Gasteiger partial charge in [-0.2, -0.15) is 10.1 Å². The number of likely N-dealkylation sites (N-methyl/N-ethyl adjacent to an activating group) is 1. The maximum atomic E-state index is 13.0. The van der Waals surface area contributed by atoms with Crippen LogP contribution in [-0.2, 0) is 0 Å². The molecule has 204 valence electrons. The van der Waals surface area contributed by atoms with Gasteiger partial charge >= 0.3 is 0 Å². The van der Waals surface area contributed by atoms with Crippen molar-refractivity contribution < 1.29 is 4.79 Å². The van der Waals surface area contributed by atoms with Crippen LogP contribution in [0.15, 0.2) is 85.7 Å². The van der Waals surface area contributed by atoms with Crippen molar-refractivity contribution in [2.45, 2.75) is 0 Å². The van der Waals surface area contributed by atoms with Gasteiger partial charge in [-0.05, 0) is 55.1 Å². The zero-order valence-corrected chi connectivity index (χ0v) is 22.5. The fourth-order valence-electron chi connectivity index (χ4n) is 5.14. The zero-order chi connectivity index (χ0) is 27.8. The molecule has 1 aliphatic heterocycles. The fourth-order valence-corrected chi connectivity index (χ4v) is 5.14. The highest BCUT2D eigenvalue weighted by Gasteiger charge is 2.17. The van der Waals surface area contributed by atoms with Crippen LogP contribution in [0.1, 0.15) is 10.4 Å². The van der Waals surface area contributed by atoms with Crippen molar-refractivity contribution in [1.82, 2.24) is 34.4 Å². The molecule has 3 N–H and O–H groups in total. The maximum Gasteiger partial charge on any atom is 0.259 e. The minimum Gasteiger partial charge on any atom is -0.369 e. The Bertz CT molecular complexity index is 1850. The second-order valence-corrected chi connectivity index (χ2v) is 10.1. The van der Waals surface area contributed by atoms with E-state index in [-0.39, 0.29) is 5.91 Å². The third-order valence-corrected chi connectivity index (χ3v) is 7.40. The first kappa shape index (κ1) is 24.7. The monoisotopic (exact) mass is 544 g/mol. The standard InChI is InChI=1S/C30H28N10O/c1-38-10-12-39(13-11-38)23-6-2-4-21(15-23)36-30-33-18-25-24(17-32-28(25)37-30)20-7-9-40-27(14-20)26(19-34-40)29(41)35-22-5-3-8-31-16-22/h2-9,14-19H,10-13H2,1H3,(H,35,41)(H2,32,33,36,37). The number of nitrogens with zero attached hydrogens (tertiary/aromatic N) is 7. The number of aromatic amines is 1. The Hall–Kier alpha value is -5.29. The van der Waals surface area contributed by atoms with E-state index in [1.54, 1.807) is 35.2 Å². The van der Waals surface area contributed by atoms with E-state index in [1.165, 1.54) is 5.69 Å². The molecule has 6 aromatic rings. The summed E-state index contributed by atoms with van der Waals surface area (Å²) in [6, 6.07) is 15.8. The highest BCUT2D eigenvalue weighted by molar-refractivity contribution is 6.09. The van der Waals surface area contributed by atoms with Crippen LogP contribution in [0.4, 0.5) is 23.0 Å². The third kappa shape index (κ3) is 4.94. The van der Waals surface area contributed by atoms with E-state index in [0.717, 1.165) is 54.0 Å². The lowest BCUT2D eigenvalue weighted by molar-refractivity contribution is 0.102. The number of nitrogens with one attached hydrogen (secondary N) is 3. The molecule has 0 radical (unpaired) electrons. The van der Waals surface area contributed by atoms with Crippen LogP contribution in [0.25, 0.3) is 27.7 Å². The van der Waals surface area contributed by atoms with E-state index in [1.807, 2.05) is 36.8 Å². The van der Waals surface area contributed by atoms with Gasteiger partial charge in [0.05, 0.1) is 29.2 Å². The number of benzene rings is 1. The van der Waals surface area contributed by atoms with Crippen molar-refractivity contribution >= 4 is 45.5 Å². The number of pyridine rings is 2. The molecule has 11 heteroatoms. The minimum absolute atomic E-state index is 0.250. The summed E-state index contributed by atoms with van der Waals surface area (Å²) in [5.74, 6) is 0.266. The first-order chi connectivity index (χ1) is 20.1. The van der Waals surface area contributed by atoms with Crippen LogP contribution in [0.5, 0.6) is 0 Å². The zero-order valence-electron chi connectivity index (χ0n) is 22.5. The van der Waals surface area contributed by atoms with E-state index >= 15 is 0 Å². The largest absolute Gasteiger partial charge is 0.369 e. The lowest BCUT2D eigenvalue weighted by atomic mass is 10.1. The number of carbonyl (C=O) groups is 1. The number of fused-ring (bicyclic) bond motifs is 2. The Kier molecular flexibility index (Phi) is 6.25. The van der Waals surface area contributed by atoms with Crippen LogP contribution < -0.4 is 15.5 Å². The molecule has 1 saturated heterocycles. The molecule has 41 heavy (non-hydrogen) atoms. The summed E-state index contributed by atoms with van der Waals surface area (Å²) in [5.41, 5.74) is 6.49. The molecule has 5 aromatic heterocycles. The Balaban J connectivity index is 1.13. The summed E-state index contributed by atoms with van der Waals surface area (Å²) < 4.78 is 1.69. The molecule has 0 aliphatic carbocycles. The number of rotatable bonds is 6. The van der Waals surface area contributed by atoms with Gasteiger partial charge in [0.1, 0.15) is 5.65 Å². The first-order valence-corrected chi connectivity index (χ1v) is 13.4. The second-order valence-electron chi connectivity index (χ2n) is 10.1. The summed E-state index contributed by atoms with van der Waals surface area (Å²) in [7, 11) is 2.16. The number of piperazine rings is 1. The fraction of sp³-hybridized carbons (Fsp3) is 0.167. The maximum absolute atomic E-state index is 13.0. The molecule has 11 nitrogen and oxygen atoms in total. The Morgan fingerprint density at radius 3 is 2.71 bits per heavy atom. The van der Waals surface area contributed by atoms with Crippen molar-refractivity contribution in [3.05, 3.63) is 91.3 Å². The van der Waals surface area contributed by atoms with Gasteiger partial charge in [0.2, 0.25) is 5.95 Å².